The summed E-state index contributed by atoms with van der Waals surface area (Å²) in [4.78, 5) is 9.63. The molecular formula is C21H27N3O2. The van der Waals surface area contributed by atoms with Gasteiger partial charge < -0.3 is 14.4 Å². The van der Waals surface area contributed by atoms with Crippen molar-refractivity contribution in [2.24, 2.45) is 0 Å². The maximum atomic E-state index is 9.54. The lowest BCUT2D eigenvalue weighted by atomic mass is 10.0. The largest absolute Gasteiger partial charge is 0.478 e. The molecule has 26 heavy (non-hydrogen) atoms. The Morgan fingerprint density at radius 3 is 2.58 bits per heavy atom. The summed E-state index contributed by atoms with van der Waals surface area (Å²) in [6.07, 6.45) is 2.88. The van der Waals surface area contributed by atoms with Crippen molar-refractivity contribution in [3.05, 3.63) is 41.2 Å². The number of ether oxygens (including phenoxy) is 1. The van der Waals surface area contributed by atoms with E-state index in [-0.39, 0.29) is 12.6 Å². The second-order valence-corrected chi connectivity index (χ2v) is 6.70. The molecule has 3 rings (SSSR count). The first kappa shape index (κ1) is 18.4. The van der Waals surface area contributed by atoms with E-state index in [0.717, 1.165) is 45.5 Å². The number of pyridine rings is 2. The quantitative estimate of drug-likeness (QED) is 0.720. The first-order chi connectivity index (χ1) is 12.5. The summed E-state index contributed by atoms with van der Waals surface area (Å²) in [5.74, 6) is 0.658. The minimum absolute atomic E-state index is 0.0246. The normalized spacial score (nSPS) is 12.5. The van der Waals surface area contributed by atoms with Crippen molar-refractivity contribution < 1.29 is 9.84 Å². The molecule has 0 aliphatic rings. The smallest absolute Gasteiger partial charge is 0.213 e. The van der Waals surface area contributed by atoms with E-state index in [9.17, 15) is 5.11 Å². The first-order valence-corrected chi connectivity index (χ1v) is 9.22. The fourth-order valence-electron chi connectivity index (χ4n) is 3.35. The third-order valence-corrected chi connectivity index (χ3v) is 4.75. The van der Waals surface area contributed by atoms with Crippen molar-refractivity contribution in [2.75, 3.05) is 13.2 Å². The van der Waals surface area contributed by atoms with Crippen LogP contribution in [0.5, 0.6) is 5.88 Å². The van der Waals surface area contributed by atoms with E-state index < -0.39 is 0 Å². The van der Waals surface area contributed by atoms with E-state index in [0.29, 0.717) is 12.5 Å². The molecule has 0 aliphatic heterocycles. The van der Waals surface area contributed by atoms with Crippen LogP contribution in [0.25, 0.3) is 22.3 Å². The van der Waals surface area contributed by atoms with Crippen molar-refractivity contribution in [3.63, 3.8) is 0 Å². The molecule has 1 atom stereocenters. The molecule has 3 aromatic heterocycles. The number of hydrogen-bond donors (Lipinski definition) is 1. The van der Waals surface area contributed by atoms with Gasteiger partial charge in [0.25, 0.3) is 0 Å². The monoisotopic (exact) mass is 353 g/mol. The molecule has 5 nitrogen and oxygen atoms in total. The van der Waals surface area contributed by atoms with E-state index in [1.54, 1.807) is 0 Å². The molecule has 3 heterocycles. The van der Waals surface area contributed by atoms with E-state index in [2.05, 4.69) is 48.7 Å². The summed E-state index contributed by atoms with van der Waals surface area (Å²) in [6.45, 7) is 10.9. The topological polar surface area (TPSA) is 60.2 Å². The van der Waals surface area contributed by atoms with Gasteiger partial charge in [0.2, 0.25) is 5.88 Å². The zero-order valence-corrected chi connectivity index (χ0v) is 16.2. The average Bonchev–Trinajstić information content (AvgIpc) is 2.96. The van der Waals surface area contributed by atoms with E-state index in [4.69, 9.17) is 9.72 Å². The molecule has 0 spiro atoms. The van der Waals surface area contributed by atoms with Crippen LogP contribution in [0.2, 0.25) is 0 Å². The van der Waals surface area contributed by atoms with Gasteiger partial charge in [0.05, 0.1) is 41.7 Å². The predicted octanol–water partition coefficient (Wildman–Crippen LogP) is 4.23. The van der Waals surface area contributed by atoms with Crippen molar-refractivity contribution in [1.29, 1.82) is 0 Å². The van der Waals surface area contributed by atoms with E-state index in [1.165, 1.54) is 0 Å². The van der Waals surface area contributed by atoms with Gasteiger partial charge in [-0.3, -0.25) is 0 Å². The SMILES string of the molecule is CCOc1ccc(-c2nc3c(C)cn([C@@H](C)CO)c3cc2C)c(CC)n1. The lowest BCUT2D eigenvalue weighted by Crippen LogP contribution is -2.08. The second-order valence-electron chi connectivity index (χ2n) is 6.70. The third kappa shape index (κ3) is 3.19. The Bertz CT molecular complexity index is 931. The van der Waals surface area contributed by atoms with Crippen molar-refractivity contribution >= 4 is 11.0 Å². The minimum atomic E-state index is 0.0246. The number of rotatable bonds is 6. The highest BCUT2D eigenvalue weighted by Crippen LogP contribution is 2.31. The molecule has 0 aromatic carbocycles. The zero-order valence-electron chi connectivity index (χ0n) is 16.2. The van der Waals surface area contributed by atoms with Crippen LogP contribution in [0.1, 0.15) is 43.6 Å². The van der Waals surface area contributed by atoms with Gasteiger partial charge in [-0.15, -0.1) is 0 Å². The third-order valence-electron chi connectivity index (χ3n) is 4.75. The standard InChI is InChI=1S/C21H27N3O2/c1-6-17-16(8-9-19(22-17)26-7-2)20-13(3)10-18-21(23-20)14(4)11-24(18)15(5)12-25/h8-11,15,25H,6-7,12H2,1-5H3/t15-/m0/s1. The molecule has 5 heteroatoms. The number of aryl methyl sites for hydroxylation is 3. The summed E-state index contributed by atoms with van der Waals surface area (Å²) < 4.78 is 7.65. The van der Waals surface area contributed by atoms with Crippen LogP contribution in [-0.2, 0) is 6.42 Å². The molecule has 0 unspecified atom stereocenters. The average molecular weight is 353 g/mol. The first-order valence-electron chi connectivity index (χ1n) is 9.22. The molecule has 0 saturated heterocycles. The van der Waals surface area contributed by atoms with E-state index in [1.807, 2.05) is 19.9 Å². The van der Waals surface area contributed by atoms with Crippen molar-refractivity contribution in [1.82, 2.24) is 14.5 Å². The maximum Gasteiger partial charge on any atom is 0.213 e. The number of aromatic nitrogens is 3. The highest BCUT2D eigenvalue weighted by molar-refractivity contribution is 5.84. The van der Waals surface area contributed by atoms with Crippen LogP contribution in [0.3, 0.4) is 0 Å². The van der Waals surface area contributed by atoms with Crippen LogP contribution < -0.4 is 4.74 Å². The number of aliphatic hydroxyl groups is 1. The maximum absolute atomic E-state index is 9.54. The van der Waals surface area contributed by atoms with Crippen molar-refractivity contribution in [3.8, 4) is 17.1 Å². The number of aliphatic hydroxyl groups excluding tert-OH is 1. The Kier molecular flexibility index (Phi) is 5.28. The van der Waals surface area contributed by atoms with E-state index >= 15 is 0 Å². The second kappa shape index (κ2) is 7.46. The summed E-state index contributed by atoms with van der Waals surface area (Å²) in [6, 6.07) is 6.15. The summed E-state index contributed by atoms with van der Waals surface area (Å²) in [5, 5.41) is 9.54. The Morgan fingerprint density at radius 1 is 1.15 bits per heavy atom. The number of nitrogens with zero attached hydrogens (tertiary/aromatic N) is 3. The van der Waals surface area contributed by atoms with Gasteiger partial charge in [0, 0.05) is 17.8 Å². The number of fused-ring (bicyclic) bond motifs is 1. The van der Waals surface area contributed by atoms with Crippen LogP contribution in [0.15, 0.2) is 24.4 Å². The molecule has 0 aliphatic carbocycles. The fourth-order valence-corrected chi connectivity index (χ4v) is 3.35. The van der Waals surface area contributed by atoms with Gasteiger partial charge >= 0.3 is 0 Å². The Morgan fingerprint density at radius 2 is 1.92 bits per heavy atom. The lowest BCUT2D eigenvalue weighted by molar-refractivity contribution is 0.241. The Balaban J connectivity index is 2.17. The predicted molar refractivity (Wildman–Crippen MR) is 105 cm³/mol. The summed E-state index contributed by atoms with van der Waals surface area (Å²) in [5.41, 5.74) is 7.25. The fraction of sp³-hybridized carbons (Fsp3) is 0.429. The summed E-state index contributed by atoms with van der Waals surface area (Å²) >= 11 is 0. The lowest BCUT2D eigenvalue weighted by Gasteiger charge is -2.14. The van der Waals surface area contributed by atoms with Gasteiger partial charge in [-0.1, -0.05) is 6.92 Å². The van der Waals surface area contributed by atoms with Gasteiger partial charge in [-0.25, -0.2) is 9.97 Å². The highest BCUT2D eigenvalue weighted by atomic mass is 16.5. The molecule has 0 fully saturated rings. The molecule has 0 amide bonds. The number of hydrogen-bond acceptors (Lipinski definition) is 4. The van der Waals surface area contributed by atoms with Crippen LogP contribution in [0.4, 0.5) is 0 Å². The highest BCUT2D eigenvalue weighted by Gasteiger charge is 2.17. The van der Waals surface area contributed by atoms with Gasteiger partial charge in [0.1, 0.15) is 0 Å². The van der Waals surface area contributed by atoms with Crippen LogP contribution in [-0.4, -0.2) is 32.9 Å². The zero-order chi connectivity index (χ0) is 18.8. The Hall–Kier alpha value is -2.40. The van der Waals surface area contributed by atoms with Crippen LogP contribution >= 0.6 is 0 Å². The Labute approximate surface area is 154 Å². The van der Waals surface area contributed by atoms with Gasteiger partial charge in [-0.2, -0.15) is 0 Å². The summed E-state index contributed by atoms with van der Waals surface area (Å²) in [7, 11) is 0. The van der Waals surface area contributed by atoms with Crippen LogP contribution in [0, 0.1) is 13.8 Å². The molecule has 0 radical (unpaired) electrons. The molecular weight excluding hydrogens is 326 g/mol. The minimum Gasteiger partial charge on any atom is -0.478 e. The molecule has 0 saturated carbocycles. The van der Waals surface area contributed by atoms with Gasteiger partial charge in [0.15, 0.2) is 0 Å². The molecule has 1 N–H and O–H groups in total. The molecule has 0 bridgehead atoms. The molecule has 3 aromatic rings. The van der Waals surface area contributed by atoms with Gasteiger partial charge in [-0.05, 0) is 57.4 Å². The molecule has 138 valence electrons. The van der Waals surface area contributed by atoms with Crippen molar-refractivity contribution in [2.45, 2.75) is 47.1 Å².